The monoisotopic (exact) mass is 164 g/mol. The summed E-state index contributed by atoms with van der Waals surface area (Å²) in [5.41, 5.74) is 1.60. The molecule has 0 spiro atoms. The molecule has 1 fully saturated rings. The molecule has 2 heteroatoms. The van der Waals surface area contributed by atoms with Crippen LogP contribution in [-0.2, 0) is 4.65 Å². The van der Waals surface area contributed by atoms with Crippen LogP contribution in [0, 0.1) is 11.8 Å². The summed E-state index contributed by atoms with van der Waals surface area (Å²) in [7, 11) is 1.85. The van der Waals surface area contributed by atoms with Crippen molar-refractivity contribution in [3.05, 3.63) is 11.6 Å². The molecule has 1 heterocycles. The third-order valence-corrected chi connectivity index (χ3v) is 3.26. The van der Waals surface area contributed by atoms with Crippen molar-refractivity contribution in [1.82, 2.24) is 0 Å². The van der Waals surface area contributed by atoms with E-state index in [-0.39, 0.29) is 0 Å². The molecule has 66 valence electrons. The topological polar surface area (TPSA) is 9.23 Å². The number of fused-ring (bicyclic) bond motifs is 2. The van der Waals surface area contributed by atoms with E-state index in [2.05, 4.69) is 13.0 Å². The molecular weight excluding hydrogens is 147 g/mol. The largest absolute Gasteiger partial charge is 0.438 e. The second kappa shape index (κ2) is 3.25. The van der Waals surface area contributed by atoms with Gasteiger partial charge in [0.15, 0.2) is 0 Å². The lowest BCUT2D eigenvalue weighted by Gasteiger charge is -2.35. The lowest BCUT2D eigenvalue weighted by molar-refractivity contribution is 0.341. The normalized spacial score (nSPS) is 34.8. The second-order valence-corrected chi connectivity index (χ2v) is 4.41. The maximum atomic E-state index is 5.43. The van der Waals surface area contributed by atoms with Crippen LogP contribution in [0.5, 0.6) is 0 Å². The molecule has 12 heavy (non-hydrogen) atoms. The molecule has 0 N–H and O–H groups in total. The molecule has 0 radical (unpaired) electrons. The zero-order valence-corrected chi connectivity index (χ0v) is 8.05. The molecule has 1 saturated heterocycles. The Hall–Kier alpha value is -0.235. The van der Waals surface area contributed by atoms with E-state index in [0.717, 1.165) is 11.8 Å². The van der Waals surface area contributed by atoms with Crippen LogP contribution in [-0.4, -0.2) is 14.0 Å². The van der Waals surface area contributed by atoms with Crippen molar-refractivity contribution >= 4 is 6.92 Å². The summed E-state index contributed by atoms with van der Waals surface area (Å²) in [4.78, 5) is 0. The van der Waals surface area contributed by atoms with Gasteiger partial charge in [0.05, 0.1) is 0 Å². The minimum atomic E-state index is 0.540. The van der Waals surface area contributed by atoms with Gasteiger partial charge in [0.2, 0.25) is 0 Å². The Labute approximate surface area is 75.3 Å². The Morgan fingerprint density at radius 2 is 2.33 bits per heavy atom. The molecule has 0 aromatic rings. The van der Waals surface area contributed by atoms with Gasteiger partial charge in [-0.15, -0.1) is 0 Å². The van der Waals surface area contributed by atoms with Gasteiger partial charge in [0.25, 0.3) is 6.92 Å². The van der Waals surface area contributed by atoms with Crippen molar-refractivity contribution in [1.29, 1.82) is 0 Å². The molecule has 0 aromatic carbocycles. The summed E-state index contributed by atoms with van der Waals surface area (Å²) in [6.07, 6.45) is 7.73. The van der Waals surface area contributed by atoms with Crippen LogP contribution < -0.4 is 0 Å². The maximum absolute atomic E-state index is 5.43. The highest BCUT2D eigenvalue weighted by atomic mass is 16.4. The maximum Gasteiger partial charge on any atom is 0.293 e. The first-order valence-corrected chi connectivity index (χ1v) is 4.98. The summed E-state index contributed by atoms with van der Waals surface area (Å²) in [6.45, 7) is 2.81. The quantitative estimate of drug-likeness (QED) is 0.427. The van der Waals surface area contributed by atoms with Crippen molar-refractivity contribution in [2.75, 3.05) is 7.11 Å². The van der Waals surface area contributed by atoms with E-state index < -0.39 is 0 Å². The van der Waals surface area contributed by atoms with E-state index in [9.17, 15) is 0 Å². The van der Waals surface area contributed by atoms with E-state index in [4.69, 9.17) is 4.65 Å². The zero-order chi connectivity index (χ0) is 8.55. The van der Waals surface area contributed by atoms with Crippen LogP contribution in [0.15, 0.2) is 11.6 Å². The fourth-order valence-corrected chi connectivity index (χ4v) is 2.85. The predicted molar refractivity (Wildman–Crippen MR) is 52.3 cm³/mol. The SMILES string of the molecule is COB1CC2C=C(C)CC(C1)C2. The van der Waals surface area contributed by atoms with E-state index in [0.29, 0.717) is 6.92 Å². The highest BCUT2D eigenvalue weighted by Gasteiger charge is 2.33. The van der Waals surface area contributed by atoms with Crippen LogP contribution in [0.3, 0.4) is 0 Å². The molecule has 2 aliphatic rings. The minimum absolute atomic E-state index is 0.540. The van der Waals surface area contributed by atoms with Crippen molar-refractivity contribution in [2.24, 2.45) is 11.8 Å². The van der Waals surface area contributed by atoms with Gasteiger partial charge in [-0.2, -0.15) is 0 Å². The van der Waals surface area contributed by atoms with Crippen molar-refractivity contribution in [2.45, 2.75) is 32.4 Å². The Balaban J connectivity index is 2.07. The van der Waals surface area contributed by atoms with Crippen LogP contribution in [0.1, 0.15) is 19.8 Å². The van der Waals surface area contributed by atoms with Crippen molar-refractivity contribution < 1.29 is 4.65 Å². The lowest BCUT2D eigenvalue weighted by atomic mass is 9.48. The molecule has 1 aliphatic heterocycles. The van der Waals surface area contributed by atoms with Gasteiger partial charge in [0, 0.05) is 7.11 Å². The number of hydrogen-bond acceptors (Lipinski definition) is 1. The van der Waals surface area contributed by atoms with Gasteiger partial charge in [-0.05, 0) is 44.2 Å². The van der Waals surface area contributed by atoms with Crippen LogP contribution in [0.4, 0.5) is 0 Å². The number of hydrogen-bond donors (Lipinski definition) is 0. The summed E-state index contributed by atoms with van der Waals surface area (Å²) < 4.78 is 5.43. The highest BCUT2D eigenvalue weighted by molar-refractivity contribution is 6.52. The molecule has 2 unspecified atom stereocenters. The van der Waals surface area contributed by atoms with E-state index >= 15 is 0 Å². The molecule has 2 bridgehead atoms. The molecule has 0 amide bonds. The molecule has 1 nitrogen and oxygen atoms in total. The van der Waals surface area contributed by atoms with Gasteiger partial charge < -0.3 is 4.65 Å². The molecule has 0 saturated carbocycles. The second-order valence-electron chi connectivity index (χ2n) is 4.41. The van der Waals surface area contributed by atoms with E-state index in [1.807, 2.05) is 7.11 Å². The first kappa shape index (κ1) is 8.37. The minimum Gasteiger partial charge on any atom is -0.438 e. The first-order chi connectivity index (χ1) is 5.78. The van der Waals surface area contributed by atoms with E-state index in [1.165, 1.54) is 25.5 Å². The van der Waals surface area contributed by atoms with Gasteiger partial charge >= 0.3 is 0 Å². The number of rotatable bonds is 1. The molecule has 0 aromatic heterocycles. The average molecular weight is 164 g/mol. The van der Waals surface area contributed by atoms with Gasteiger partial charge in [-0.1, -0.05) is 11.6 Å². The van der Waals surface area contributed by atoms with Gasteiger partial charge in [0.1, 0.15) is 0 Å². The molecular formula is C10H17BO. The Morgan fingerprint density at radius 1 is 1.50 bits per heavy atom. The summed E-state index contributed by atoms with van der Waals surface area (Å²) in [5, 5.41) is 0. The fraction of sp³-hybridized carbons (Fsp3) is 0.800. The van der Waals surface area contributed by atoms with Gasteiger partial charge in [-0.25, -0.2) is 0 Å². The van der Waals surface area contributed by atoms with Crippen LogP contribution in [0.2, 0.25) is 12.6 Å². The molecule has 2 rings (SSSR count). The Bertz CT molecular complexity index is 200. The highest BCUT2D eigenvalue weighted by Crippen LogP contribution is 2.39. The predicted octanol–water partition coefficient (Wildman–Crippen LogP) is 2.61. The standard InChI is InChI=1S/C10H17BO/c1-8-3-9-5-10(4-8)7-11(6-9)12-2/h3,9-10H,4-7H2,1-2H3. The van der Waals surface area contributed by atoms with E-state index in [1.54, 1.807) is 5.57 Å². The van der Waals surface area contributed by atoms with Crippen molar-refractivity contribution in [3.63, 3.8) is 0 Å². The third kappa shape index (κ3) is 1.58. The van der Waals surface area contributed by atoms with Crippen LogP contribution in [0.25, 0.3) is 0 Å². The summed E-state index contributed by atoms with van der Waals surface area (Å²) >= 11 is 0. The Kier molecular flexibility index (Phi) is 2.27. The zero-order valence-electron chi connectivity index (χ0n) is 8.05. The Morgan fingerprint density at radius 3 is 3.00 bits per heavy atom. The third-order valence-electron chi connectivity index (χ3n) is 3.26. The summed E-state index contributed by atoms with van der Waals surface area (Å²) in [6, 6.07) is 0. The van der Waals surface area contributed by atoms with Crippen LogP contribution >= 0.6 is 0 Å². The average Bonchev–Trinajstić information content (AvgIpc) is 2.02. The first-order valence-electron chi connectivity index (χ1n) is 4.98. The van der Waals surface area contributed by atoms with Crippen molar-refractivity contribution in [3.8, 4) is 0 Å². The smallest absolute Gasteiger partial charge is 0.293 e. The molecule has 1 aliphatic carbocycles. The van der Waals surface area contributed by atoms with Gasteiger partial charge in [-0.3, -0.25) is 0 Å². The summed E-state index contributed by atoms with van der Waals surface area (Å²) in [5.74, 6) is 1.74. The number of allylic oxidation sites excluding steroid dienone is 2. The fourth-order valence-electron chi connectivity index (χ4n) is 2.85. The lowest BCUT2D eigenvalue weighted by Crippen LogP contribution is -2.31. The molecule has 2 atom stereocenters.